The molecule has 1 heterocycles. The second-order valence-corrected chi connectivity index (χ2v) is 6.78. The Kier molecular flexibility index (Phi) is 4.90. The summed E-state index contributed by atoms with van der Waals surface area (Å²) in [4.78, 5) is 0. The van der Waals surface area contributed by atoms with Crippen molar-refractivity contribution in [1.29, 1.82) is 0 Å². The van der Waals surface area contributed by atoms with Crippen LogP contribution in [0.15, 0.2) is 24.3 Å². The first kappa shape index (κ1) is 14.4. The van der Waals surface area contributed by atoms with Crippen LogP contribution in [0.1, 0.15) is 18.4 Å². The predicted octanol–water partition coefficient (Wildman–Crippen LogP) is 1.24. The summed E-state index contributed by atoms with van der Waals surface area (Å²) in [6.45, 7) is 1.90. The normalized spacial score (nSPS) is 17.5. The highest BCUT2D eigenvalue weighted by molar-refractivity contribution is 7.89. The maximum absolute atomic E-state index is 13.0. The Morgan fingerprint density at radius 1 is 1.32 bits per heavy atom. The molecule has 2 N–H and O–H groups in total. The molecular weight excluding hydrogens is 267 g/mol. The molecule has 2 rings (SSSR count). The lowest BCUT2D eigenvalue weighted by atomic mass is 10.0. The summed E-state index contributed by atoms with van der Waals surface area (Å²) >= 11 is 0. The molecule has 0 amide bonds. The molecule has 0 spiro atoms. The van der Waals surface area contributed by atoms with E-state index in [1.165, 1.54) is 12.1 Å². The van der Waals surface area contributed by atoms with Crippen LogP contribution < -0.4 is 10.0 Å². The topological polar surface area (TPSA) is 58.2 Å². The minimum Gasteiger partial charge on any atom is -0.317 e. The third-order valence-corrected chi connectivity index (χ3v) is 4.79. The SMILES string of the molecule is O=S(=O)(CC1CCNCC1)NCc1cccc(F)c1. The molecule has 0 saturated carbocycles. The van der Waals surface area contributed by atoms with Crippen LogP contribution in [0.4, 0.5) is 4.39 Å². The molecule has 0 atom stereocenters. The van der Waals surface area contributed by atoms with Gasteiger partial charge in [0, 0.05) is 6.54 Å². The van der Waals surface area contributed by atoms with Crippen LogP contribution in [0.3, 0.4) is 0 Å². The van der Waals surface area contributed by atoms with Gasteiger partial charge in [-0.3, -0.25) is 0 Å². The summed E-state index contributed by atoms with van der Waals surface area (Å²) in [7, 11) is -3.29. The molecular formula is C13H19FN2O2S. The lowest BCUT2D eigenvalue weighted by Gasteiger charge is -2.22. The highest BCUT2D eigenvalue weighted by Crippen LogP contribution is 2.14. The number of hydrogen-bond donors (Lipinski definition) is 2. The van der Waals surface area contributed by atoms with E-state index in [2.05, 4.69) is 10.0 Å². The van der Waals surface area contributed by atoms with Crippen LogP contribution in [0.2, 0.25) is 0 Å². The van der Waals surface area contributed by atoms with Gasteiger partial charge in [0.15, 0.2) is 0 Å². The van der Waals surface area contributed by atoms with Crippen molar-refractivity contribution in [1.82, 2.24) is 10.0 Å². The van der Waals surface area contributed by atoms with Gasteiger partial charge < -0.3 is 5.32 Å². The Morgan fingerprint density at radius 2 is 2.05 bits per heavy atom. The fourth-order valence-electron chi connectivity index (χ4n) is 2.26. The van der Waals surface area contributed by atoms with Crippen LogP contribution in [-0.4, -0.2) is 27.3 Å². The standard InChI is InChI=1S/C13H19FN2O2S/c14-13-3-1-2-12(8-13)9-16-19(17,18)10-11-4-6-15-7-5-11/h1-3,8,11,15-16H,4-7,9-10H2. The number of nitrogens with one attached hydrogen (secondary N) is 2. The average Bonchev–Trinajstić information content (AvgIpc) is 2.37. The minimum atomic E-state index is -3.29. The van der Waals surface area contributed by atoms with Gasteiger partial charge in [-0.15, -0.1) is 0 Å². The molecule has 0 aromatic heterocycles. The van der Waals surface area contributed by atoms with Gasteiger partial charge in [-0.05, 0) is 49.5 Å². The lowest BCUT2D eigenvalue weighted by Crippen LogP contribution is -2.35. The van der Waals surface area contributed by atoms with Crippen molar-refractivity contribution in [2.24, 2.45) is 5.92 Å². The first-order valence-electron chi connectivity index (χ1n) is 6.48. The lowest BCUT2D eigenvalue weighted by molar-refractivity contribution is 0.400. The fraction of sp³-hybridized carbons (Fsp3) is 0.538. The molecule has 106 valence electrons. The van der Waals surface area contributed by atoms with Crippen LogP contribution >= 0.6 is 0 Å². The summed E-state index contributed by atoms with van der Waals surface area (Å²) in [6.07, 6.45) is 1.78. The summed E-state index contributed by atoms with van der Waals surface area (Å²) in [5.74, 6) is 0.0191. The van der Waals surface area contributed by atoms with Gasteiger partial charge in [-0.25, -0.2) is 17.5 Å². The molecule has 0 unspecified atom stereocenters. The molecule has 0 aliphatic carbocycles. The molecule has 1 aromatic carbocycles. The van der Waals surface area contributed by atoms with Gasteiger partial charge in [0.1, 0.15) is 5.82 Å². The Bertz CT molecular complexity index is 513. The van der Waals surface area contributed by atoms with Crippen molar-refractivity contribution in [3.8, 4) is 0 Å². The van der Waals surface area contributed by atoms with Crippen molar-refractivity contribution < 1.29 is 12.8 Å². The zero-order valence-corrected chi connectivity index (χ0v) is 11.5. The third-order valence-electron chi connectivity index (χ3n) is 3.30. The van der Waals surface area contributed by atoms with Crippen molar-refractivity contribution in [3.05, 3.63) is 35.6 Å². The largest absolute Gasteiger partial charge is 0.317 e. The highest BCUT2D eigenvalue weighted by Gasteiger charge is 2.20. The Balaban J connectivity index is 1.86. The molecule has 1 fully saturated rings. The monoisotopic (exact) mass is 286 g/mol. The number of rotatable bonds is 5. The van der Waals surface area contributed by atoms with Crippen molar-refractivity contribution in [3.63, 3.8) is 0 Å². The minimum absolute atomic E-state index is 0.144. The van der Waals surface area contributed by atoms with Crippen LogP contribution in [-0.2, 0) is 16.6 Å². The van der Waals surface area contributed by atoms with E-state index in [9.17, 15) is 12.8 Å². The Hall–Kier alpha value is -0.980. The first-order chi connectivity index (χ1) is 9.05. The molecule has 6 heteroatoms. The van der Waals surface area contributed by atoms with Gasteiger partial charge in [0.05, 0.1) is 5.75 Å². The summed E-state index contributed by atoms with van der Waals surface area (Å²) in [6, 6.07) is 5.96. The number of piperidine rings is 1. The van der Waals surface area contributed by atoms with Gasteiger partial charge in [-0.1, -0.05) is 12.1 Å². The molecule has 0 radical (unpaired) electrons. The van der Waals surface area contributed by atoms with E-state index in [1.54, 1.807) is 12.1 Å². The molecule has 19 heavy (non-hydrogen) atoms. The molecule has 1 aliphatic heterocycles. The summed E-state index contributed by atoms with van der Waals surface area (Å²) < 4.78 is 39.4. The number of hydrogen-bond acceptors (Lipinski definition) is 3. The summed E-state index contributed by atoms with van der Waals surface area (Å²) in [5, 5.41) is 3.21. The second kappa shape index (κ2) is 6.45. The molecule has 1 aromatic rings. The van der Waals surface area contributed by atoms with Crippen LogP contribution in [0.5, 0.6) is 0 Å². The maximum Gasteiger partial charge on any atom is 0.212 e. The number of benzene rings is 1. The molecule has 4 nitrogen and oxygen atoms in total. The fourth-order valence-corrected chi connectivity index (χ4v) is 3.72. The van der Waals surface area contributed by atoms with E-state index >= 15 is 0 Å². The summed E-state index contributed by atoms with van der Waals surface area (Å²) in [5.41, 5.74) is 0.633. The smallest absolute Gasteiger partial charge is 0.212 e. The second-order valence-electron chi connectivity index (χ2n) is 4.93. The van der Waals surface area contributed by atoms with Gasteiger partial charge in [-0.2, -0.15) is 0 Å². The van der Waals surface area contributed by atoms with Crippen molar-refractivity contribution in [2.75, 3.05) is 18.8 Å². The van der Waals surface area contributed by atoms with Crippen molar-refractivity contribution in [2.45, 2.75) is 19.4 Å². The van der Waals surface area contributed by atoms with Crippen LogP contribution in [0, 0.1) is 11.7 Å². The zero-order chi connectivity index (χ0) is 13.7. The molecule has 0 bridgehead atoms. The third kappa shape index (κ3) is 4.89. The van der Waals surface area contributed by atoms with E-state index in [1.807, 2.05) is 0 Å². The van der Waals surface area contributed by atoms with E-state index in [4.69, 9.17) is 0 Å². The average molecular weight is 286 g/mol. The molecule has 1 aliphatic rings. The maximum atomic E-state index is 13.0. The Labute approximate surface area is 113 Å². The number of halogens is 1. The van der Waals surface area contributed by atoms with E-state index in [-0.39, 0.29) is 24.0 Å². The quantitative estimate of drug-likeness (QED) is 0.856. The van der Waals surface area contributed by atoms with Crippen LogP contribution in [0.25, 0.3) is 0 Å². The van der Waals surface area contributed by atoms with E-state index in [0.717, 1.165) is 25.9 Å². The molecule has 1 saturated heterocycles. The zero-order valence-electron chi connectivity index (χ0n) is 10.7. The first-order valence-corrected chi connectivity index (χ1v) is 8.13. The van der Waals surface area contributed by atoms with E-state index < -0.39 is 10.0 Å². The number of sulfonamides is 1. The van der Waals surface area contributed by atoms with Gasteiger partial charge in [0.2, 0.25) is 10.0 Å². The van der Waals surface area contributed by atoms with Crippen molar-refractivity contribution >= 4 is 10.0 Å². The van der Waals surface area contributed by atoms with E-state index in [0.29, 0.717) is 5.56 Å². The highest BCUT2D eigenvalue weighted by atomic mass is 32.2. The van der Waals surface area contributed by atoms with Gasteiger partial charge >= 0.3 is 0 Å². The van der Waals surface area contributed by atoms with Gasteiger partial charge in [0.25, 0.3) is 0 Å². The predicted molar refractivity (Wildman–Crippen MR) is 72.6 cm³/mol. The Morgan fingerprint density at radius 3 is 2.74 bits per heavy atom.